The van der Waals surface area contributed by atoms with Crippen LogP contribution in [0.3, 0.4) is 0 Å². The second-order valence-electron chi connectivity index (χ2n) is 5.33. The van der Waals surface area contributed by atoms with Crippen LogP contribution >= 0.6 is 0 Å². The highest BCUT2D eigenvalue weighted by atomic mass is 19.3. The zero-order valence-corrected chi connectivity index (χ0v) is 12.7. The number of nitrogens with one attached hydrogen (secondary N) is 1. The van der Waals surface area contributed by atoms with Crippen LogP contribution in [0.1, 0.15) is 37.7 Å². The highest BCUT2D eigenvalue weighted by Crippen LogP contribution is 2.18. The Labute approximate surface area is 133 Å². The maximum atomic E-state index is 12.3. The lowest BCUT2D eigenvalue weighted by Gasteiger charge is -2.22. The Bertz CT molecular complexity index is 532. The molecule has 2 rings (SSSR count). The molecular weight excluding hydrogens is 306 g/mol. The van der Waals surface area contributed by atoms with Gasteiger partial charge < -0.3 is 14.9 Å². The number of hydrogen-bond donors (Lipinski definition) is 1. The number of para-hydroxylation sites is 1. The van der Waals surface area contributed by atoms with Crippen LogP contribution in [-0.2, 0) is 9.63 Å². The number of carbonyl (C=O) groups is 1. The summed E-state index contributed by atoms with van der Waals surface area (Å²) < 4.78 is 28.9. The summed E-state index contributed by atoms with van der Waals surface area (Å²) in [6.45, 7) is -3.11. The second kappa shape index (κ2) is 9.07. The predicted molar refractivity (Wildman–Crippen MR) is 81.6 cm³/mol. The fourth-order valence-electron chi connectivity index (χ4n) is 2.50. The first kappa shape index (κ1) is 17.2. The van der Waals surface area contributed by atoms with Crippen LogP contribution < -0.4 is 10.1 Å². The number of halogens is 2. The molecule has 0 spiro atoms. The average Bonchev–Trinajstić information content (AvgIpc) is 2.53. The van der Waals surface area contributed by atoms with Gasteiger partial charge in [-0.25, -0.2) is 0 Å². The number of carbonyl (C=O) groups excluding carboxylic acids is 1. The molecular formula is C16H20F2N2O3. The molecule has 5 nitrogen and oxygen atoms in total. The van der Waals surface area contributed by atoms with E-state index >= 15 is 0 Å². The molecule has 1 aromatic carbocycles. The van der Waals surface area contributed by atoms with Gasteiger partial charge in [0.25, 0.3) is 5.91 Å². The van der Waals surface area contributed by atoms with Crippen molar-refractivity contribution in [1.82, 2.24) is 5.32 Å². The smallest absolute Gasteiger partial charge is 0.387 e. The van der Waals surface area contributed by atoms with Crippen molar-refractivity contribution in [1.29, 1.82) is 0 Å². The molecule has 1 fully saturated rings. The van der Waals surface area contributed by atoms with Crippen LogP contribution in [0, 0.1) is 0 Å². The molecule has 0 aliphatic heterocycles. The van der Waals surface area contributed by atoms with Crippen LogP contribution in [-0.4, -0.2) is 31.4 Å². The second-order valence-corrected chi connectivity index (χ2v) is 5.33. The van der Waals surface area contributed by atoms with Crippen molar-refractivity contribution in [2.24, 2.45) is 5.16 Å². The maximum Gasteiger partial charge on any atom is 0.387 e. The molecule has 1 saturated carbocycles. The largest absolute Gasteiger partial charge is 0.434 e. The average molecular weight is 326 g/mol. The molecule has 23 heavy (non-hydrogen) atoms. The predicted octanol–water partition coefficient (Wildman–Crippen LogP) is 3.09. The minimum atomic E-state index is -2.91. The van der Waals surface area contributed by atoms with E-state index in [4.69, 9.17) is 4.84 Å². The van der Waals surface area contributed by atoms with Gasteiger partial charge >= 0.3 is 6.61 Å². The van der Waals surface area contributed by atoms with E-state index in [0.717, 1.165) is 25.7 Å². The number of alkyl halides is 2. The van der Waals surface area contributed by atoms with E-state index in [2.05, 4.69) is 15.2 Å². The van der Waals surface area contributed by atoms with Crippen LogP contribution in [0.5, 0.6) is 5.75 Å². The molecule has 1 N–H and O–H groups in total. The van der Waals surface area contributed by atoms with E-state index in [9.17, 15) is 13.6 Å². The van der Waals surface area contributed by atoms with E-state index < -0.39 is 6.61 Å². The van der Waals surface area contributed by atoms with Gasteiger partial charge in [-0.15, -0.1) is 0 Å². The van der Waals surface area contributed by atoms with Crippen LogP contribution in [0.2, 0.25) is 0 Å². The zero-order chi connectivity index (χ0) is 16.5. The molecule has 0 heterocycles. The Morgan fingerprint density at radius 1 is 1.30 bits per heavy atom. The summed E-state index contributed by atoms with van der Waals surface area (Å²) in [5, 5.41) is 6.53. The van der Waals surface area contributed by atoms with Gasteiger partial charge in [0.2, 0.25) is 0 Å². The van der Waals surface area contributed by atoms with Gasteiger partial charge in [-0.3, -0.25) is 4.79 Å². The van der Waals surface area contributed by atoms with E-state index in [0.29, 0.717) is 5.56 Å². The number of ether oxygens (including phenoxy) is 1. The molecule has 1 aliphatic carbocycles. The number of rotatable bonds is 7. The van der Waals surface area contributed by atoms with Gasteiger partial charge in [0, 0.05) is 11.6 Å². The van der Waals surface area contributed by atoms with Crippen LogP contribution in [0.25, 0.3) is 0 Å². The summed E-state index contributed by atoms with van der Waals surface area (Å²) in [5.41, 5.74) is 0.348. The number of amides is 1. The molecule has 0 unspecified atom stereocenters. The van der Waals surface area contributed by atoms with Gasteiger partial charge in [-0.2, -0.15) is 8.78 Å². The fourth-order valence-corrected chi connectivity index (χ4v) is 2.50. The monoisotopic (exact) mass is 326 g/mol. The summed E-state index contributed by atoms with van der Waals surface area (Å²) in [4.78, 5) is 16.6. The van der Waals surface area contributed by atoms with Crippen molar-refractivity contribution < 1.29 is 23.1 Å². The third kappa shape index (κ3) is 6.22. The van der Waals surface area contributed by atoms with E-state index in [1.165, 1.54) is 18.7 Å². The molecule has 7 heteroatoms. The number of oxime groups is 1. The Morgan fingerprint density at radius 3 is 2.78 bits per heavy atom. The summed E-state index contributed by atoms with van der Waals surface area (Å²) in [6, 6.07) is 6.42. The van der Waals surface area contributed by atoms with Crippen LogP contribution in [0.4, 0.5) is 8.78 Å². The third-order valence-corrected chi connectivity index (χ3v) is 3.57. The summed E-state index contributed by atoms with van der Waals surface area (Å²) in [7, 11) is 0. The van der Waals surface area contributed by atoms with E-state index in [-0.39, 0.29) is 24.3 Å². The first-order chi connectivity index (χ1) is 11.1. The minimum absolute atomic E-state index is 0.00140. The standard InChI is InChI=1S/C16H20F2N2O3/c17-16(18)23-14-9-5-4-6-12(14)10-19-22-11-15(21)20-13-7-2-1-3-8-13/h4-6,9-10,13,16H,1-3,7-8,11H2,(H,20,21)/b19-10+. The lowest BCUT2D eigenvalue weighted by molar-refractivity contribution is -0.126. The summed E-state index contributed by atoms with van der Waals surface area (Å²) in [6.07, 6.45) is 6.70. The first-order valence-electron chi connectivity index (χ1n) is 7.63. The normalized spacial score (nSPS) is 15.8. The van der Waals surface area contributed by atoms with E-state index in [1.54, 1.807) is 18.2 Å². The molecule has 1 amide bonds. The Balaban J connectivity index is 1.77. The molecule has 0 bridgehead atoms. The van der Waals surface area contributed by atoms with Crippen molar-refractivity contribution in [3.8, 4) is 5.75 Å². The van der Waals surface area contributed by atoms with Crippen molar-refractivity contribution >= 4 is 12.1 Å². The summed E-state index contributed by atoms with van der Waals surface area (Å²) in [5.74, 6) is -0.229. The Hall–Kier alpha value is -2.18. The number of hydrogen-bond acceptors (Lipinski definition) is 4. The van der Waals surface area contributed by atoms with E-state index in [1.807, 2.05) is 0 Å². The van der Waals surface area contributed by atoms with Gasteiger partial charge in [0.05, 0.1) is 6.21 Å². The molecule has 0 aromatic heterocycles. The molecule has 0 radical (unpaired) electrons. The lowest BCUT2D eigenvalue weighted by Crippen LogP contribution is -2.38. The molecule has 126 valence electrons. The third-order valence-electron chi connectivity index (χ3n) is 3.57. The Kier molecular flexibility index (Phi) is 6.77. The van der Waals surface area contributed by atoms with Gasteiger partial charge in [-0.05, 0) is 25.0 Å². The topological polar surface area (TPSA) is 59.9 Å². The van der Waals surface area contributed by atoms with Crippen molar-refractivity contribution in [2.45, 2.75) is 44.8 Å². The fraction of sp³-hybridized carbons (Fsp3) is 0.500. The highest BCUT2D eigenvalue weighted by Gasteiger charge is 2.15. The van der Waals surface area contributed by atoms with Crippen molar-refractivity contribution in [3.63, 3.8) is 0 Å². The lowest BCUT2D eigenvalue weighted by atomic mass is 9.95. The summed E-state index contributed by atoms with van der Waals surface area (Å²) >= 11 is 0. The highest BCUT2D eigenvalue weighted by molar-refractivity contribution is 5.83. The Morgan fingerprint density at radius 2 is 2.04 bits per heavy atom. The first-order valence-corrected chi connectivity index (χ1v) is 7.63. The SMILES string of the molecule is O=C(CO/N=C/c1ccccc1OC(F)F)NC1CCCCC1. The van der Waals surface area contributed by atoms with Gasteiger partial charge in [0.15, 0.2) is 6.61 Å². The minimum Gasteiger partial charge on any atom is -0.434 e. The van der Waals surface area contributed by atoms with Crippen molar-refractivity contribution in [2.75, 3.05) is 6.61 Å². The maximum absolute atomic E-state index is 12.3. The molecule has 0 atom stereocenters. The van der Waals surface area contributed by atoms with Crippen LogP contribution in [0.15, 0.2) is 29.4 Å². The quantitative estimate of drug-likeness (QED) is 0.619. The molecule has 1 aliphatic rings. The zero-order valence-electron chi connectivity index (χ0n) is 12.7. The van der Waals surface area contributed by atoms with Gasteiger partial charge in [-0.1, -0.05) is 36.6 Å². The number of benzene rings is 1. The molecule has 1 aromatic rings. The number of nitrogens with zero attached hydrogens (tertiary/aromatic N) is 1. The molecule has 0 saturated heterocycles. The van der Waals surface area contributed by atoms with Crippen molar-refractivity contribution in [3.05, 3.63) is 29.8 Å². The van der Waals surface area contributed by atoms with Gasteiger partial charge in [0.1, 0.15) is 5.75 Å².